The average Bonchev–Trinajstić information content (AvgIpc) is 2.53. The molecular weight excluding hydrogens is 296 g/mol. The van der Waals surface area contributed by atoms with Crippen LogP contribution < -0.4 is 5.73 Å². The maximum absolute atomic E-state index is 12.2. The Morgan fingerprint density at radius 2 is 1.82 bits per heavy atom. The summed E-state index contributed by atoms with van der Waals surface area (Å²) in [6.07, 6.45) is 1.38. The third kappa shape index (κ3) is 4.50. The molecule has 1 saturated heterocycles. The van der Waals surface area contributed by atoms with Crippen LogP contribution in [0.4, 0.5) is 0 Å². The molecule has 0 spiro atoms. The van der Waals surface area contributed by atoms with Crippen LogP contribution in [0.1, 0.15) is 38.2 Å². The summed E-state index contributed by atoms with van der Waals surface area (Å²) in [7, 11) is 0. The topological polar surface area (TPSA) is 63.4 Å². The highest BCUT2D eigenvalue weighted by molar-refractivity contribution is 8.00. The number of hydrogen-bond donors (Lipinski definition) is 1. The Morgan fingerprint density at radius 3 is 2.32 bits per heavy atom. The van der Waals surface area contributed by atoms with Crippen LogP contribution in [0.2, 0.25) is 0 Å². The second-order valence-corrected chi connectivity index (χ2v) is 7.12. The molecule has 120 valence electrons. The van der Waals surface area contributed by atoms with E-state index in [0.29, 0.717) is 37.6 Å². The number of carbonyl (C=O) groups is 2. The molecule has 1 aromatic rings. The molecule has 0 bridgehead atoms. The summed E-state index contributed by atoms with van der Waals surface area (Å²) in [6.45, 7) is 5.61. The number of nitrogens with two attached hydrogens (primary N) is 1. The molecule has 2 N–H and O–H groups in total. The van der Waals surface area contributed by atoms with Crippen molar-refractivity contribution in [3.63, 3.8) is 0 Å². The van der Waals surface area contributed by atoms with Gasteiger partial charge in [0.25, 0.3) is 0 Å². The molecular formula is C17H24N2O2S. The van der Waals surface area contributed by atoms with Crippen LogP contribution >= 0.6 is 11.8 Å². The summed E-state index contributed by atoms with van der Waals surface area (Å²) in [5.74, 6) is 0.794. The summed E-state index contributed by atoms with van der Waals surface area (Å²) in [6, 6.07) is 8.39. The fourth-order valence-corrected chi connectivity index (χ4v) is 3.40. The van der Waals surface area contributed by atoms with Crippen LogP contribution in [0, 0.1) is 5.92 Å². The van der Waals surface area contributed by atoms with Crippen molar-refractivity contribution in [1.82, 2.24) is 4.90 Å². The number of amides is 2. The zero-order valence-corrected chi connectivity index (χ0v) is 14.1. The predicted molar refractivity (Wildman–Crippen MR) is 89.8 cm³/mol. The second-order valence-electron chi connectivity index (χ2n) is 6.07. The van der Waals surface area contributed by atoms with Crippen molar-refractivity contribution in [2.75, 3.05) is 18.8 Å². The Hall–Kier alpha value is -1.49. The number of primary amides is 1. The zero-order valence-electron chi connectivity index (χ0n) is 13.2. The first-order chi connectivity index (χ1) is 10.5. The normalized spacial score (nSPS) is 16.0. The van der Waals surface area contributed by atoms with E-state index in [9.17, 15) is 9.59 Å². The minimum Gasteiger partial charge on any atom is -0.369 e. The maximum Gasteiger partial charge on any atom is 0.232 e. The molecule has 22 heavy (non-hydrogen) atoms. The summed E-state index contributed by atoms with van der Waals surface area (Å²) in [5, 5.41) is 0. The largest absolute Gasteiger partial charge is 0.369 e. The smallest absolute Gasteiger partial charge is 0.232 e. The van der Waals surface area contributed by atoms with Crippen LogP contribution in [0.25, 0.3) is 0 Å². The summed E-state index contributed by atoms with van der Waals surface area (Å²) >= 11 is 1.57. The first-order valence-electron chi connectivity index (χ1n) is 7.77. The van der Waals surface area contributed by atoms with Crippen molar-refractivity contribution in [2.45, 2.75) is 37.5 Å². The van der Waals surface area contributed by atoms with Gasteiger partial charge < -0.3 is 10.6 Å². The fraction of sp³-hybridized carbons (Fsp3) is 0.529. The van der Waals surface area contributed by atoms with E-state index in [2.05, 4.69) is 38.1 Å². The van der Waals surface area contributed by atoms with E-state index in [-0.39, 0.29) is 17.7 Å². The lowest BCUT2D eigenvalue weighted by Gasteiger charge is -2.30. The highest BCUT2D eigenvalue weighted by Gasteiger charge is 2.25. The van der Waals surface area contributed by atoms with Gasteiger partial charge in [0.1, 0.15) is 0 Å². The number of piperidine rings is 1. The molecule has 1 aliphatic heterocycles. The van der Waals surface area contributed by atoms with Gasteiger partial charge in [0.15, 0.2) is 0 Å². The van der Waals surface area contributed by atoms with Crippen LogP contribution in [0.3, 0.4) is 0 Å². The van der Waals surface area contributed by atoms with Crippen LogP contribution in [0.15, 0.2) is 29.2 Å². The molecule has 1 heterocycles. The van der Waals surface area contributed by atoms with Crippen molar-refractivity contribution in [3.8, 4) is 0 Å². The van der Waals surface area contributed by atoms with Crippen LogP contribution in [0.5, 0.6) is 0 Å². The molecule has 0 radical (unpaired) electrons. The van der Waals surface area contributed by atoms with Crippen LogP contribution in [-0.2, 0) is 9.59 Å². The lowest BCUT2D eigenvalue weighted by molar-refractivity contribution is -0.132. The highest BCUT2D eigenvalue weighted by atomic mass is 32.2. The van der Waals surface area contributed by atoms with Gasteiger partial charge in [0.2, 0.25) is 11.8 Å². The molecule has 4 nitrogen and oxygen atoms in total. The minimum absolute atomic E-state index is 0.0692. The third-order valence-corrected chi connectivity index (χ3v) is 5.16. The Morgan fingerprint density at radius 1 is 1.23 bits per heavy atom. The van der Waals surface area contributed by atoms with Crippen molar-refractivity contribution >= 4 is 23.6 Å². The van der Waals surface area contributed by atoms with E-state index < -0.39 is 0 Å². The number of carbonyl (C=O) groups excluding carboxylic acids is 2. The van der Waals surface area contributed by atoms with E-state index in [1.165, 1.54) is 5.56 Å². The average molecular weight is 320 g/mol. The fourth-order valence-electron chi connectivity index (χ4n) is 2.60. The van der Waals surface area contributed by atoms with Gasteiger partial charge in [-0.2, -0.15) is 0 Å². The standard InChI is InChI=1S/C17H24N2O2S/c1-12(2)13-3-5-15(6-4-13)22-11-16(20)19-9-7-14(8-10-19)17(18)21/h3-6,12,14H,7-11H2,1-2H3,(H2,18,21). The van der Waals surface area contributed by atoms with Gasteiger partial charge in [-0.1, -0.05) is 26.0 Å². The monoisotopic (exact) mass is 320 g/mol. The number of nitrogens with zero attached hydrogens (tertiary/aromatic N) is 1. The van der Waals surface area contributed by atoms with Gasteiger partial charge >= 0.3 is 0 Å². The molecule has 2 rings (SSSR count). The number of benzene rings is 1. The van der Waals surface area contributed by atoms with E-state index in [4.69, 9.17) is 5.73 Å². The van der Waals surface area contributed by atoms with Crippen LogP contribution in [-0.4, -0.2) is 35.6 Å². The van der Waals surface area contributed by atoms with E-state index in [1.54, 1.807) is 11.8 Å². The summed E-state index contributed by atoms with van der Waals surface area (Å²) < 4.78 is 0. The number of rotatable bonds is 5. The maximum atomic E-state index is 12.2. The minimum atomic E-state index is -0.244. The molecule has 2 amide bonds. The molecule has 5 heteroatoms. The Kier molecular flexibility index (Phi) is 5.89. The van der Waals surface area contributed by atoms with E-state index in [0.717, 1.165) is 4.90 Å². The van der Waals surface area contributed by atoms with Gasteiger partial charge in [-0.15, -0.1) is 11.8 Å². The number of likely N-dealkylation sites (tertiary alicyclic amines) is 1. The second kappa shape index (κ2) is 7.68. The molecule has 0 aromatic heterocycles. The lowest BCUT2D eigenvalue weighted by Crippen LogP contribution is -2.42. The van der Waals surface area contributed by atoms with Crippen molar-refractivity contribution in [2.24, 2.45) is 11.7 Å². The Bertz CT molecular complexity index is 520. The van der Waals surface area contributed by atoms with Crippen molar-refractivity contribution in [3.05, 3.63) is 29.8 Å². The zero-order chi connectivity index (χ0) is 16.1. The van der Waals surface area contributed by atoms with E-state index >= 15 is 0 Å². The lowest BCUT2D eigenvalue weighted by atomic mass is 9.96. The van der Waals surface area contributed by atoms with Gasteiger partial charge in [0.05, 0.1) is 5.75 Å². The quantitative estimate of drug-likeness (QED) is 0.848. The van der Waals surface area contributed by atoms with Crippen molar-refractivity contribution in [1.29, 1.82) is 0 Å². The molecule has 1 aromatic carbocycles. The van der Waals surface area contributed by atoms with Gasteiger partial charge in [-0.25, -0.2) is 0 Å². The number of thioether (sulfide) groups is 1. The molecule has 0 saturated carbocycles. The first kappa shape index (κ1) is 16.9. The molecule has 0 aliphatic carbocycles. The number of hydrogen-bond acceptors (Lipinski definition) is 3. The molecule has 1 fully saturated rings. The summed E-state index contributed by atoms with van der Waals surface area (Å²) in [4.78, 5) is 26.3. The third-order valence-electron chi connectivity index (χ3n) is 4.16. The van der Waals surface area contributed by atoms with Gasteiger partial charge in [-0.05, 0) is 36.5 Å². The SMILES string of the molecule is CC(C)c1ccc(SCC(=O)N2CCC(C(N)=O)CC2)cc1. The van der Waals surface area contributed by atoms with Gasteiger partial charge in [-0.3, -0.25) is 9.59 Å². The predicted octanol–water partition coefficient (Wildman–Crippen LogP) is 2.63. The Balaban J connectivity index is 1.79. The first-order valence-corrected chi connectivity index (χ1v) is 8.75. The van der Waals surface area contributed by atoms with E-state index in [1.807, 2.05) is 4.90 Å². The van der Waals surface area contributed by atoms with Crippen molar-refractivity contribution < 1.29 is 9.59 Å². The molecule has 0 unspecified atom stereocenters. The highest BCUT2D eigenvalue weighted by Crippen LogP contribution is 2.23. The molecule has 0 atom stereocenters. The molecule has 1 aliphatic rings. The summed E-state index contributed by atoms with van der Waals surface area (Å²) in [5.41, 5.74) is 6.62. The van der Waals surface area contributed by atoms with Gasteiger partial charge in [0, 0.05) is 23.9 Å². The Labute approximate surface area is 136 Å².